The molecule has 3 atom stereocenters. The normalized spacial score (nSPS) is 18.7. The lowest BCUT2D eigenvalue weighted by Crippen LogP contribution is -2.32. The van der Waals surface area contributed by atoms with Crippen LogP contribution in [-0.4, -0.2) is 11.1 Å². The van der Waals surface area contributed by atoms with E-state index in [4.69, 9.17) is 5.11 Å². The molecular formula is C12H24O2. The first-order valence-corrected chi connectivity index (χ1v) is 5.44. The van der Waals surface area contributed by atoms with Crippen LogP contribution in [0.3, 0.4) is 0 Å². The number of rotatable bonds is 4. The molecule has 0 bridgehead atoms. The molecule has 0 radical (unpaired) electrons. The Morgan fingerprint density at radius 3 is 1.93 bits per heavy atom. The number of carbonyl (C=O) groups is 1. The molecule has 0 aromatic rings. The first-order valence-electron chi connectivity index (χ1n) is 5.44. The molecule has 0 aromatic carbocycles. The molecule has 0 amide bonds. The Labute approximate surface area is 87.7 Å². The molecule has 0 aromatic heterocycles. The summed E-state index contributed by atoms with van der Waals surface area (Å²) in [6.45, 7) is 12.7. The summed E-state index contributed by atoms with van der Waals surface area (Å²) in [4.78, 5) is 11.0. The van der Waals surface area contributed by atoms with Gasteiger partial charge in [-0.1, -0.05) is 41.5 Å². The molecule has 0 heterocycles. The van der Waals surface area contributed by atoms with Crippen molar-refractivity contribution in [2.75, 3.05) is 0 Å². The highest BCUT2D eigenvalue weighted by Gasteiger charge is 2.33. The minimum Gasteiger partial charge on any atom is -0.481 e. The van der Waals surface area contributed by atoms with E-state index in [9.17, 15) is 4.79 Å². The summed E-state index contributed by atoms with van der Waals surface area (Å²) in [7, 11) is 0. The number of carboxylic acids is 1. The van der Waals surface area contributed by atoms with Gasteiger partial charge in [0.25, 0.3) is 0 Å². The Hall–Kier alpha value is -0.530. The first-order chi connectivity index (χ1) is 6.21. The van der Waals surface area contributed by atoms with Crippen LogP contribution in [0.25, 0.3) is 0 Å². The van der Waals surface area contributed by atoms with Crippen LogP contribution in [0.15, 0.2) is 0 Å². The highest BCUT2D eigenvalue weighted by molar-refractivity contribution is 5.70. The third-order valence-corrected chi connectivity index (χ3v) is 3.55. The van der Waals surface area contributed by atoms with Crippen LogP contribution in [0.2, 0.25) is 0 Å². The van der Waals surface area contributed by atoms with Crippen molar-refractivity contribution in [2.45, 2.75) is 48.0 Å². The number of hydrogen-bond acceptors (Lipinski definition) is 1. The van der Waals surface area contributed by atoms with Gasteiger partial charge in [0.05, 0.1) is 5.92 Å². The fourth-order valence-electron chi connectivity index (χ4n) is 1.91. The largest absolute Gasteiger partial charge is 0.481 e. The quantitative estimate of drug-likeness (QED) is 0.755. The summed E-state index contributed by atoms with van der Waals surface area (Å²) in [5.41, 5.74) is 0.183. The second kappa shape index (κ2) is 4.81. The number of carboxylic acid groups (broad SMARTS) is 1. The lowest BCUT2D eigenvalue weighted by atomic mass is 9.70. The van der Waals surface area contributed by atoms with Crippen molar-refractivity contribution in [1.82, 2.24) is 0 Å². The fraction of sp³-hybridized carbons (Fsp3) is 0.917. The average molecular weight is 200 g/mol. The van der Waals surface area contributed by atoms with Crippen LogP contribution >= 0.6 is 0 Å². The predicted octanol–water partition coefficient (Wildman–Crippen LogP) is 3.42. The van der Waals surface area contributed by atoms with Crippen molar-refractivity contribution >= 4 is 5.97 Å². The fourth-order valence-corrected chi connectivity index (χ4v) is 1.91. The molecule has 0 spiro atoms. The maximum atomic E-state index is 11.0. The minimum atomic E-state index is -0.656. The van der Waals surface area contributed by atoms with E-state index in [0.717, 1.165) is 6.42 Å². The van der Waals surface area contributed by atoms with Gasteiger partial charge in [-0.05, 0) is 23.7 Å². The lowest BCUT2D eigenvalue weighted by Gasteiger charge is -2.35. The maximum absolute atomic E-state index is 11.0. The number of hydrogen-bond donors (Lipinski definition) is 1. The Morgan fingerprint density at radius 2 is 1.71 bits per heavy atom. The van der Waals surface area contributed by atoms with Crippen molar-refractivity contribution < 1.29 is 9.90 Å². The lowest BCUT2D eigenvalue weighted by molar-refractivity contribution is -0.144. The van der Waals surface area contributed by atoms with Gasteiger partial charge in [-0.3, -0.25) is 4.79 Å². The van der Waals surface area contributed by atoms with Crippen molar-refractivity contribution in [3.8, 4) is 0 Å². The zero-order valence-electron chi connectivity index (χ0n) is 10.3. The van der Waals surface area contributed by atoms with E-state index < -0.39 is 5.97 Å². The zero-order chi connectivity index (χ0) is 11.5. The molecule has 0 rings (SSSR count). The molecule has 1 N–H and O–H groups in total. The zero-order valence-corrected chi connectivity index (χ0v) is 10.3. The Bertz CT molecular complexity index is 191. The van der Waals surface area contributed by atoms with Crippen molar-refractivity contribution in [1.29, 1.82) is 0 Å². The first kappa shape index (κ1) is 13.5. The van der Waals surface area contributed by atoms with Crippen molar-refractivity contribution in [2.24, 2.45) is 23.2 Å². The van der Waals surface area contributed by atoms with Gasteiger partial charge in [0.1, 0.15) is 0 Å². The molecule has 3 unspecified atom stereocenters. The van der Waals surface area contributed by atoms with Crippen molar-refractivity contribution in [3.63, 3.8) is 0 Å². The SMILES string of the molecule is CCC(C(=O)O)C(C)C(C)C(C)(C)C. The second-order valence-electron chi connectivity index (χ2n) is 5.37. The van der Waals surface area contributed by atoms with E-state index in [2.05, 4.69) is 34.6 Å². The molecular weight excluding hydrogens is 176 g/mol. The average Bonchev–Trinajstić information content (AvgIpc) is 2.01. The van der Waals surface area contributed by atoms with Gasteiger partial charge in [-0.25, -0.2) is 0 Å². The standard InChI is InChI=1S/C12H24O2/c1-7-10(11(13)14)8(2)9(3)12(4,5)6/h8-10H,7H2,1-6H3,(H,13,14). The van der Waals surface area contributed by atoms with Crippen LogP contribution in [0.1, 0.15) is 48.0 Å². The predicted molar refractivity (Wildman–Crippen MR) is 59.2 cm³/mol. The Kier molecular flexibility index (Phi) is 4.63. The van der Waals surface area contributed by atoms with E-state index in [-0.39, 0.29) is 17.3 Å². The van der Waals surface area contributed by atoms with Gasteiger partial charge in [-0.15, -0.1) is 0 Å². The summed E-state index contributed by atoms with van der Waals surface area (Å²) in [5.74, 6) is -0.207. The van der Waals surface area contributed by atoms with Gasteiger partial charge < -0.3 is 5.11 Å². The second-order valence-corrected chi connectivity index (χ2v) is 5.37. The van der Waals surface area contributed by atoms with Crippen LogP contribution in [0.5, 0.6) is 0 Å². The van der Waals surface area contributed by atoms with Crippen LogP contribution < -0.4 is 0 Å². The summed E-state index contributed by atoms with van der Waals surface area (Å²) in [6, 6.07) is 0. The van der Waals surface area contributed by atoms with Crippen LogP contribution in [-0.2, 0) is 4.79 Å². The third-order valence-electron chi connectivity index (χ3n) is 3.55. The monoisotopic (exact) mass is 200 g/mol. The van der Waals surface area contributed by atoms with E-state index >= 15 is 0 Å². The highest BCUT2D eigenvalue weighted by atomic mass is 16.4. The molecule has 84 valence electrons. The molecule has 2 nitrogen and oxygen atoms in total. The minimum absolute atomic E-state index is 0.183. The molecule has 0 aliphatic heterocycles. The Balaban J connectivity index is 4.58. The summed E-state index contributed by atoms with van der Waals surface area (Å²) in [6.07, 6.45) is 0.719. The van der Waals surface area contributed by atoms with Gasteiger partial charge in [0.15, 0.2) is 0 Å². The van der Waals surface area contributed by atoms with Crippen LogP contribution in [0.4, 0.5) is 0 Å². The maximum Gasteiger partial charge on any atom is 0.306 e. The summed E-state index contributed by atoms with van der Waals surface area (Å²) in [5, 5.41) is 9.06. The number of aliphatic carboxylic acids is 1. The summed E-state index contributed by atoms with van der Waals surface area (Å²) < 4.78 is 0. The Morgan fingerprint density at radius 1 is 1.29 bits per heavy atom. The van der Waals surface area contributed by atoms with E-state index in [1.807, 2.05) is 6.92 Å². The molecule has 0 aliphatic rings. The van der Waals surface area contributed by atoms with E-state index in [0.29, 0.717) is 5.92 Å². The van der Waals surface area contributed by atoms with Gasteiger partial charge >= 0.3 is 5.97 Å². The molecule has 0 saturated heterocycles. The topological polar surface area (TPSA) is 37.3 Å². The molecule has 0 aliphatic carbocycles. The van der Waals surface area contributed by atoms with Gasteiger partial charge in [0, 0.05) is 0 Å². The summed E-state index contributed by atoms with van der Waals surface area (Å²) >= 11 is 0. The molecule has 2 heteroatoms. The van der Waals surface area contributed by atoms with E-state index in [1.165, 1.54) is 0 Å². The highest BCUT2D eigenvalue weighted by Crippen LogP contribution is 2.36. The molecule has 0 fully saturated rings. The molecule has 14 heavy (non-hydrogen) atoms. The molecule has 0 saturated carbocycles. The van der Waals surface area contributed by atoms with E-state index in [1.54, 1.807) is 0 Å². The smallest absolute Gasteiger partial charge is 0.306 e. The van der Waals surface area contributed by atoms with Crippen LogP contribution in [0, 0.1) is 23.2 Å². The van der Waals surface area contributed by atoms with Gasteiger partial charge in [0.2, 0.25) is 0 Å². The van der Waals surface area contributed by atoms with Gasteiger partial charge in [-0.2, -0.15) is 0 Å². The third kappa shape index (κ3) is 3.32. The van der Waals surface area contributed by atoms with Crippen molar-refractivity contribution in [3.05, 3.63) is 0 Å².